The fraction of sp³-hybridized carbons (Fsp3) is 0.480. The van der Waals surface area contributed by atoms with Crippen LogP contribution in [0, 0.1) is 11.8 Å². The van der Waals surface area contributed by atoms with E-state index in [1.54, 1.807) is 0 Å². The summed E-state index contributed by atoms with van der Waals surface area (Å²) in [6.45, 7) is 8.00. The smallest absolute Gasteiger partial charge is 0.311 e. The second-order valence-electron chi connectivity index (χ2n) is 8.99. The SMILES string of the molecule is C[C@H](N[C@H]1[C@H](Cc2ccccc2)CC[C@H]1C(=O)OC(C)(C)C)c1ccccc1. The minimum absolute atomic E-state index is 0.0687. The van der Waals surface area contributed by atoms with Crippen LogP contribution in [0.3, 0.4) is 0 Å². The third kappa shape index (κ3) is 5.45. The molecule has 0 amide bonds. The highest BCUT2D eigenvalue weighted by Gasteiger charge is 2.42. The first-order valence-electron chi connectivity index (χ1n) is 10.4. The molecule has 0 aromatic heterocycles. The Kier molecular flexibility index (Phi) is 6.56. The normalized spacial score (nSPS) is 23.4. The van der Waals surface area contributed by atoms with E-state index in [2.05, 4.69) is 66.8 Å². The molecular formula is C25H33NO2. The summed E-state index contributed by atoms with van der Waals surface area (Å²) in [5.74, 6) is 0.256. The maximum Gasteiger partial charge on any atom is 0.311 e. The van der Waals surface area contributed by atoms with Crippen LogP contribution < -0.4 is 5.32 Å². The number of rotatable bonds is 6. The van der Waals surface area contributed by atoms with Crippen LogP contribution in [0.2, 0.25) is 0 Å². The lowest BCUT2D eigenvalue weighted by Crippen LogP contribution is -2.44. The van der Waals surface area contributed by atoms with Gasteiger partial charge in [-0.1, -0.05) is 60.7 Å². The second-order valence-corrected chi connectivity index (χ2v) is 8.99. The molecule has 1 fully saturated rings. The Bertz CT molecular complexity index is 751. The van der Waals surface area contributed by atoms with Crippen LogP contribution in [-0.2, 0) is 16.0 Å². The van der Waals surface area contributed by atoms with Gasteiger partial charge < -0.3 is 10.1 Å². The van der Waals surface area contributed by atoms with E-state index in [-0.39, 0.29) is 24.0 Å². The highest BCUT2D eigenvalue weighted by atomic mass is 16.6. The monoisotopic (exact) mass is 379 g/mol. The Morgan fingerprint density at radius 2 is 1.64 bits per heavy atom. The summed E-state index contributed by atoms with van der Waals surface area (Å²) in [4.78, 5) is 12.9. The van der Waals surface area contributed by atoms with Crippen molar-refractivity contribution in [2.24, 2.45) is 11.8 Å². The number of hydrogen-bond acceptors (Lipinski definition) is 3. The molecule has 150 valence electrons. The maximum atomic E-state index is 12.9. The molecule has 1 N–H and O–H groups in total. The molecule has 2 aromatic carbocycles. The zero-order chi connectivity index (χ0) is 20.1. The summed E-state index contributed by atoms with van der Waals surface area (Å²) >= 11 is 0. The van der Waals surface area contributed by atoms with Crippen LogP contribution in [0.1, 0.15) is 57.7 Å². The number of hydrogen-bond donors (Lipinski definition) is 1. The summed E-state index contributed by atoms with van der Waals surface area (Å²) in [6.07, 6.45) is 2.91. The molecule has 1 aliphatic rings. The standard InChI is InChI=1S/C25H33NO2/c1-18(20-13-9-6-10-14-20)26-23-21(17-19-11-7-5-8-12-19)15-16-22(23)24(27)28-25(2,3)4/h5-14,18,21-23,26H,15-17H2,1-4H3/t18-,21-,22+,23-/m0/s1. The van der Waals surface area contributed by atoms with Gasteiger partial charge in [0.1, 0.15) is 5.60 Å². The number of benzene rings is 2. The third-order valence-corrected chi connectivity index (χ3v) is 5.58. The highest BCUT2D eigenvalue weighted by molar-refractivity contribution is 5.74. The lowest BCUT2D eigenvalue weighted by atomic mass is 9.90. The lowest BCUT2D eigenvalue weighted by Gasteiger charge is -2.31. The molecule has 1 saturated carbocycles. The first-order chi connectivity index (χ1) is 13.3. The van der Waals surface area contributed by atoms with Crippen LogP contribution in [0.5, 0.6) is 0 Å². The van der Waals surface area contributed by atoms with Crippen molar-refractivity contribution >= 4 is 5.97 Å². The van der Waals surface area contributed by atoms with E-state index in [1.165, 1.54) is 11.1 Å². The van der Waals surface area contributed by atoms with Gasteiger partial charge in [-0.15, -0.1) is 0 Å². The van der Waals surface area contributed by atoms with Crippen molar-refractivity contribution in [1.29, 1.82) is 0 Å². The van der Waals surface area contributed by atoms with Gasteiger partial charge >= 0.3 is 5.97 Å². The minimum Gasteiger partial charge on any atom is -0.460 e. The van der Waals surface area contributed by atoms with Gasteiger partial charge in [-0.05, 0) is 64.0 Å². The van der Waals surface area contributed by atoms with Gasteiger partial charge in [0.05, 0.1) is 5.92 Å². The summed E-state index contributed by atoms with van der Waals surface area (Å²) in [7, 11) is 0. The molecule has 4 atom stereocenters. The van der Waals surface area contributed by atoms with Crippen LogP contribution in [0.25, 0.3) is 0 Å². The van der Waals surface area contributed by atoms with E-state index in [1.807, 2.05) is 26.8 Å². The second kappa shape index (κ2) is 8.91. The van der Waals surface area contributed by atoms with Crippen molar-refractivity contribution in [1.82, 2.24) is 5.32 Å². The first-order valence-corrected chi connectivity index (χ1v) is 10.4. The zero-order valence-electron chi connectivity index (χ0n) is 17.5. The molecule has 0 saturated heterocycles. The van der Waals surface area contributed by atoms with Gasteiger partial charge in [-0.2, -0.15) is 0 Å². The van der Waals surface area contributed by atoms with Crippen LogP contribution >= 0.6 is 0 Å². The number of carbonyl (C=O) groups is 1. The molecule has 2 aromatic rings. The molecule has 0 heterocycles. The van der Waals surface area contributed by atoms with Crippen molar-refractivity contribution in [2.45, 2.75) is 64.6 Å². The van der Waals surface area contributed by atoms with Crippen molar-refractivity contribution in [3.05, 3.63) is 71.8 Å². The predicted molar refractivity (Wildman–Crippen MR) is 114 cm³/mol. The quantitative estimate of drug-likeness (QED) is 0.691. The van der Waals surface area contributed by atoms with E-state index in [4.69, 9.17) is 4.74 Å². The topological polar surface area (TPSA) is 38.3 Å². The molecule has 3 heteroatoms. The Hall–Kier alpha value is -2.13. The fourth-order valence-electron chi connectivity index (χ4n) is 4.25. The number of carbonyl (C=O) groups excluding carboxylic acids is 1. The van der Waals surface area contributed by atoms with Gasteiger partial charge in [-0.3, -0.25) is 4.79 Å². The van der Waals surface area contributed by atoms with Gasteiger partial charge in [-0.25, -0.2) is 0 Å². The fourth-order valence-corrected chi connectivity index (χ4v) is 4.25. The Balaban J connectivity index is 1.78. The zero-order valence-corrected chi connectivity index (χ0v) is 17.5. The Morgan fingerprint density at radius 1 is 1.04 bits per heavy atom. The third-order valence-electron chi connectivity index (χ3n) is 5.58. The predicted octanol–water partition coefficient (Wildman–Crippen LogP) is 5.32. The van der Waals surface area contributed by atoms with Gasteiger partial charge in [0, 0.05) is 12.1 Å². The van der Waals surface area contributed by atoms with Crippen LogP contribution in [0.15, 0.2) is 60.7 Å². The van der Waals surface area contributed by atoms with Gasteiger partial charge in [0.25, 0.3) is 0 Å². The summed E-state index contributed by atoms with van der Waals surface area (Å²) in [6, 6.07) is 21.3. The van der Waals surface area contributed by atoms with Crippen molar-refractivity contribution < 1.29 is 9.53 Å². The highest BCUT2D eigenvalue weighted by Crippen LogP contribution is 2.36. The van der Waals surface area contributed by atoms with Gasteiger partial charge in [0.15, 0.2) is 0 Å². The van der Waals surface area contributed by atoms with E-state index >= 15 is 0 Å². The largest absolute Gasteiger partial charge is 0.460 e. The summed E-state index contributed by atoms with van der Waals surface area (Å²) < 4.78 is 5.76. The number of esters is 1. The Labute approximate surface area is 169 Å². The molecule has 0 unspecified atom stereocenters. The average molecular weight is 380 g/mol. The average Bonchev–Trinajstić information content (AvgIpc) is 3.04. The van der Waals surface area contributed by atoms with Gasteiger partial charge in [0.2, 0.25) is 0 Å². The number of nitrogens with one attached hydrogen (secondary N) is 1. The molecular weight excluding hydrogens is 346 g/mol. The molecule has 3 nitrogen and oxygen atoms in total. The number of ether oxygens (including phenoxy) is 1. The van der Waals surface area contributed by atoms with E-state index in [9.17, 15) is 4.79 Å². The summed E-state index contributed by atoms with van der Waals surface area (Å²) in [5, 5.41) is 3.78. The Morgan fingerprint density at radius 3 is 2.25 bits per heavy atom. The lowest BCUT2D eigenvalue weighted by molar-refractivity contribution is -0.160. The minimum atomic E-state index is -0.454. The summed E-state index contributed by atoms with van der Waals surface area (Å²) in [5.41, 5.74) is 2.12. The van der Waals surface area contributed by atoms with Crippen LogP contribution in [-0.4, -0.2) is 17.6 Å². The first kappa shape index (κ1) is 20.6. The van der Waals surface area contributed by atoms with E-state index in [0.29, 0.717) is 5.92 Å². The van der Waals surface area contributed by atoms with E-state index in [0.717, 1.165) is 19.3 Å². The molecule has 0 radical (unpaired) electrons. The van der Waals surface area contributed by atoms with E-state index < -0.39 is 5.60 Å². The molecule has 3 rings (SSSR count). The molecule has 0 spiro atoms. The van der Waals surface area contributed by atoms with Crippen molar-refractivity contribution in [3.8, 4) is 0 Å². The van der Waals surface area contributed by atoms with Crippen molar-refractivity contribution in [3.63, 3.8) is 0 Å². The van der Waals surface area contributed by atoms with Crippen molar-refractivity contribution in [2.75, 3.05) is 0 Å². The maximum absolute atomic E-state index is 12.9. The molecule has 1 aliphatic carbocycles. The molecule has 0 bridgehead atoms. The molecule has 28 heavy (non-hydrogen) atoms. The molecule has 0 aliphatic heterocycles. The van der Waals surface area contributed by atoms with Crippen LogP contribution in [0.4, 0.5) is 0 Å².